The SMILES string of the molecule is CC(O)C1CCCCN1CC(=O)N(C)c1ccccc1. The lowest BCUT2D eigenvalue weighted by atomic mass is 9.98. The van der Waals surface area contributed by atoms with Gasteiger partial charge >= 0.3 is 0 Å². The summed E-state index contributed by atoms with van der Waals surface area (Å²) in [5, 5.41) is 9.85. The quantitative estimate of drug-likeness (QED) is 0.913. The molecule has 1 amide bonds. The minimum atomic E-state index is -0.384. The van der Waals surface area contributed by atoms with Gasteiger partial charge in [-0.3, -0.25) is 9.69 Å². The van der Waals surface area contributed by atoms with E-state index in [1.807, 2.05) is 37.3 Å². The summed E-state index contributed by atoms with van der Waals surface area (Å²) in [4.78, 5) is 16.2. The molecule has 1 aliphatic rings. The molecule has 0 aromatic heterocycles. The number of aliphatic hydroxyl groups is 1. The monoisotopic (exact) mass is 276 g/mol. The molecule has 1 fully saturated rings. The van der Waals surface area contributed by atoms with E-state index in [9.17, 15) is 9.90 Å². The fourth-order valence-electron chi connectivity index (χ4n) is 2.83. The number of para-hydroxylation sites is 1. The van der Waals surface area contributed by atoms with Gasteiger partial charge in [0.15, 0.2) is 0 Å². The number of benzene rings is 1. The first-order valence-corrected chi connectivity index (χ1v) is 7.33. The standard InChI is InChI=1S/C16H24N2O2/c1-13(19)15-10-6-7-11-18(15)12-16(20)17(2)14-8-4-3-5-9-14/h3-5,8-9,13,15,19H,6-7,10-12H2,1-2H3. The van der Waals surface area contributed by atoms with Gasteiger partial charge in [-0.05, 0) is 38.4 Å². The molecule has 0 radical (unpaired) electrons. The summed E-state index contributed by atoms with van der Waals surface area (Å²) < 4.78 is 0. The summed E-state index contributed by atoms with van der Waals surface area (Å²) in [5.41, 5.74) is 0.906. The van der Waals surface area contributed by atoms with Crippen molar-refractivity contribution in [2.75, 3.05) is 25.0 Å². The number of aliphatic hydroxyl groups excluding tert-OH is 1. The van der Waals surface area contributed by atoms with Gasteiger partial charge in [0, 0.05) is 18.8 Å². The molecule has 4 nitrogen and oxygen atoms in total. The maximum absolute atomic E-state index is 12.4. The molecular formula is C16H24N2O2. The van der Waals surface area contributed by atoms with Crippen LogP contribution in [0.25, 0.3) is 0 Å². The van der Waals surface area contributed by atoms with Gasteiger partial charge in [0.25, 0.3) is 0 Å². The molecular weight excluding hydrogens is 252 g/mol. The Kier molecular flexibility index (Phi) is 5.15. The van der Waals surface area contributed by atoms with Gasteiger partial charge in [0.1, 0.15) is 0 Å². The third-order valence-electron chi connectivity index (χ3n) is 4.08. The smallest absolute Gasteiger partial charge is 0.240 e. The number of nitrogens with zero attached hydrogens (tertiary/aromatic N) is 2. The van der Waals surface area contributed by atoms with Crippen molar-refractivity contribution in [1.82, 2.24) is 4.90 Å². The van der Waals surface area contributed by atoms with E-state index >= 15 is 0 Å². The van der Waals surface area contributed by atoms with Crippen molar-refractivity contribution in [3.8, 4) is 0 Å². The predicted octanol–water partition coefficient (Wildman–Crippen LogP) is 1.88. The molecule has 1 N–H and O–H groups in total. The lowest BCUT2D eigenvalue weighted by Gasteiger charge is -2.37. The Morgan fingerprint density at radius 3 is 2.75 bits per heavy atom. The lowest BCUT2D eigenvalue weighted by molar-refractivity contribution is -0.121. The zero-order chi connectivity index (χ0) is 14.5. The maximum atomic E-state index is 12.4. The van der Waals surface area contributed by atoms with Crippen LogP contribution in [0.15, 0.2) is 30.3 Å². The van der Waals surface area contributed by atoms with Crippen LogP contribution in [0.5, 0.6) is 0 Å². The highest BCUT2D eigenvalue weighted by molar-refractivity contribution is 5.94. The Labute approximate surface area is 121 Å². The van der Waals surface area contributed by atoms with Crippen molar-refractivity contribution in [2.24, 2.45) is 0 Å². The normalized spacial score (nSPS) is 21.4. The second kappa shape index (κ2) is 6.86. The number of hydrogen-bond donors (Lipinski definition) is 1. The molecule has 1 aromatic carbocycles. The number of likely N-dealkylation sites (N-methyl/N-ethyl adjacent to an activating group) is 1. The van der Waals surface area contributed by atoms with Crippen molar-refractivity contribution in [3.63, 3.8) is 0 Å². The molecule has 0 saturated carbocycles. The Morgan fingerprint density at radius 1 is 1.40 bits per heavy atom. The van der Waals surface area contributed by atoms with Gasteiger partial charge in [-0.1, -0.05) is 24.6 Å². The minimum absolute atomic E-state index is 0.0729. The zero-order valence-corrected chi connectivity index (χ0v) is 12.3. The van der Waals surface area contributed by atoms with E-state index in [0.717, 1.165) is 31.5 Å². The van der Waals surface area contributed by atoms with Gasteiger partial charge in [-0.25, -0.2) is 0 Å². The van der Waals surface area contributed by atoms with E-state index < -0.39 is 0 Å². The second-order valence-corrected chi connectivity index (χ2v) is 5.56. The zero-order valence-electron chi connectivity index (χ0n) is 12.3. The molecule has 110 valence electrons. The predicted molar refractivity (Wildman–Crippen MR) is 80.7 cm³/mol. The molecule has 1 heterocycles. The summed E-state index contributed by atoms with van der Waals surface area (Å²) in [6, 6.07) is 9.77. The van der Waals surface area contributed by atoms with Crippen LogP contribution in [0.3, 0.4) is 0 Å². The van der Waals surface area contributed by atoms with Crippen LogP contribution in [0.1, 0.15) is 26.2 Å². The molecule has 1 saturated heterocycles. The van der Waals surface area contributed by atoms with E-state index in [-0.39, 0.29) is 18.1 Å². The highest BCUT2D eigenvalue weighted by atomic mass is 16.3. The van der Waals surface area contributed by atoms with E-state index in [1.54, 1.807) is 11.9 Å². The molecule has 4 heteroatoms. The summed E-state index contributed by atoms with van der Waals surface area (Å²) in [5.74, 6) is 0.0729. The average Bonchev–Trinajstić information content (AvgIpc) is 2.47. The fourth-order valence-corrected chi connectivity index (χ4v) is 2.83. The van der Waals surface area contributed by atoms with Crippen molar-refractivity contribution < 1.29 is 9.90 Å². The molecule has 0 bridgehead atoms. The van der Waals surface area contributed by atoms with Gasteiger partial charge in [-0.2, -0.15) is 0 Å². The number of rotatable bonds is 4. The van der Waals surface area contributed by atoms with Crippen LogP contribution < -0.4 is 4.90 Å². The second-order valence-electron chi connectivity index (χ2n) is 5.56. The van der Waals surface area contributed by atoms with E-state index in [4.69, 9.17) is 0 Å². The molecule has 20 heavy (non-hydrogen) atoms. The number of carbonyl (C=O) groups excluding carboxylic acids is 1. The molecule has 1 aromatic rings. The number of piperidine rings is 1. The van der Waals surface area contributed by atoms with Crippen molar-refractivity contribution in [3.05, 3.63) is 30.3 Å². The van der Waals surface area contributed by atoms with Crippen LogP contribution in [0.4, 0.5) is 5.69 Å². The largest absolute Gasteiger partial charge is 0.392 e. The van der Waals surface area contributed by atoms with Crippen LogP contribution in [-0.2, 0) is 4.79 Å². The van der Waals surface area contributed by atoms with Crippen LogP contribution >= 0.6 is 0 Å². The molecule has 2 atom stereocenters. The number of anilines is 1. The van der Waals surface area contributed by atoms with Crippen molar-refractivity contribution in [1.29, 1.82) is 0 Å². The first kappa shape index (κ1) is 15.0. The van der Waals surface area contributed by atoms with Gasteiger partial charge in [0.05, 0.1) is 12.6 Å². The Hall–Kier alpha value is -1.39. The molecule has 0 aliphatic carbocycles. The molecule has 0 spiro atoms. The average molecular weight is 276 g/mol. The highest BCUT2D eigenvalue weighted by Gasteiger charge is 2.28. The van der Waals surface area contributed by atoms with E-state index in [1.165, 1.54) is 0 Å². The minimum Gasteiger partial charge on any atom is -0.392 e. The third kappa shape index (κ3) is 3.58. The number of likely N-dealkylation sites (tertiary alicyclic amines) is 1. The Balaban J connectivity index is 1.99. The number of carbonyl (C=O) groups is 1. The molecule has 2 unspecified atom stereocenters. The van der Waals surface area contributed by atoms with Gasteiger partial charge in [0.2, 0.25) is 5.91 Å². The highest BCUT2D eigenvalue weighted by Crippen LogP contribution is 2.20. The first-order valence-electron chi connectivity index (χ1n) is 7.33. The van der Waals surface area contributed by atoms with Crippen molar-refractivity contribution >= 4 is 11.6 Å². The van der Waals surface area contributed by atoms with Gasteiger partial charge < -0.3 is 10.0 Å². The summed E-state index contributed by atoms with van der Waals surface area (Å²) >= 11 is 0. The Morgan fingerprint density at radius 2 is 2.10 bits per heavy atom. The van der Waals surface area contributed by atoms with E-state index in [0.29, 0.717) is 6.54 Å². The molecule has 2 rings (SSSR count). The topological polar surface area (TPSA) is 43.8 Å². The summed E-state index contributed by atoms with van der Waals surface area (Å²) in [7, 11) is 1.80. The van der Waals surface area contributed by atoms with Crippen LogP contribution in [-0.4, -0.2) is 48.2 Å². The first-order chi connectivity index (χ1) is 9.59. The third-order valence-corrected chi connectivity index (χ3v) is 4.08. The van der Waals surface area contributed by atoms with E-state index in [2.05, 4.69) is 4.90 Å². The van der Waals surface area contributed by atoms with Crippen LogP contribution in [0.2, 0.25) is 0 Å². The maximum Gasteiger partial charge on any atom is 0.240 e. The molecule has 1 aliphatic heterocycles. The fraction of sp³-hybridized carbons (Fsp3) is 0.562. The number of hydrogen-bond acceptors (Lipinski definition) is 3. The lowest BCUT2D eigenvalue weighted by Crippen LogP contribution is -2.50. The summed E-state index contributed by atoms with van der Waals surface area (Å²) in [6.45, 7) is 3.08. The summed E-state index contributed by atoms with van der Waals surface area (Å²) in [6.07, 6.45) is 2.82. The van der Waals surface area contributed by atoms with Crippen molar-refractivity contribution in [2.45, 2.75) is 38.3 Å². The number of amides is 1. The Bertz CT molecular complexity index is 433. The van der Waals surface area contributed by atoms with Crippen LogP contribution in [0, 0.1) is 0 Å². The van der Waals surface area contributed by atoms with Gasteiger partial charge in [-0.15, -0.1) is 0 Å².